The van der Waals surface area contributed by atoms with Crippen LogP contribution in [0.5, 0.6) is 0 Å². The van der Waals surface area contributed by atoms with Crippen molar-refractivity contribution in [3.8, 4) is 0 Å². The summed E-state index contributed by atoms with van der Waals surface area (Å²) < 4.78 is 12.8. The van der Waals surface area contributed by atoms with Crippen LogP contribution in [0.3, 0.4) is 0 Å². The second-order valence-corrected chi connectivity index (χ2v) is 3.22. The van der Waals surface area contributed by atoms with Crippen LogP contribution >= 0.6 is 12.4 Å². The first-order valence-corrected chi connectivity index (χ1v) is 4.36. The van der Waals surface area contributed by atoms with Crippen LogP contribution in [0.4, 0.5) is 4.39 Å². The van der Waals surface area contributed by atoms with Crippen LogP contribution in [0.1, 0.15) is 19.8 Å². The quantitative estimate of drug-likeness (QED) is 0.735. The molecule has 0 spiro atoms. The van der Waals surface area contributed by atoms with Gasteiger partial charge in [-0.25, -0.2) is 4.39 Å². The van der Waals surface area contributed by atoms with Crippen molar-refractivity contribution < 1.29 is 4.39 Å². The van der Waals surface area contributed by atoms with Crippen LogP contribution in [-0.4, -0.2) is 36.7 Å². The van der Waals surface area contributed by atoms with Gasteiger partial charge >= 0.3 is 0 Å². The molecule has 1 aliphatic rings. The van der Waals surface area contributed by atoms with E-state index in [0.29, 0.717) is 25.6 Å². The summed E-state index contributed by atoms with van der Waals surface area (Å²) in [4.78, 5) is 2.16. The van der Waals surface area contributed by atoms with Gasteiger partial charge in [0.15, 0.2) is 0 Å². The SMILES string of the molecule is CCCN1C[C@H](F)C[C@H]1CN.Cl. The van der Waals surface area contributed by atoms with E-state index in [1.165, 1.54) is 0 Å². The van der Waals surface area contributed by atoms with E-state index in [1.54, 1.807) is 0 Å². The van der Waals surface area contributed by atoms with Gasteiger partial charge in [0.25, 0.3) is 0 Å². The zero-order chi connectivity index (χ0) is 8.27. The van der Waals surface area contributed by atoms with E-state index in [-0.39, 0.29) is 12.4 Å². The fourth-order valence-electron chi connectivity index (χ4n) is 1.73. The van der Waals surface area contributed by atoms with E-state index in [4.69, 9.17) is 5.73 Å². The maximum Gasteiger partial charge on any atom is 0.114 e. The number of halogens is 2. The molecular formula is C8H18ClFN2. The lowest BCUT2D eigenvalue weighted by Gasteiger charge is -2.21. The third kappa shape index (κ3) is 2.88. The molecule has 0 aliphatic carbocycles. The molecule has 0 radical (unpaired) electrons. The number of nitrogens with two attached hydrogens (primary N) is 1. The molecule has 1 saturated heterocycles. The lowest BCUT2D eigenvalue weighted by atomic mass is 10.2. The van der Waals surface area contributed by atoms with Crippen molar-refractivity contribution in [3.63, 3.8) is 0 Å². The average Bonchev–Trinajstić information content (AvgIpc) is 2.32. The molecule has 0 amide bonds. The summed E-state index contributed by atoms with van der Waals surface area (Å²) in [5.41, 5.74) is 5.51. The van der Waals surface area contributed by atoms with Gasteiger partial charge in [-0.05, 0) is 19.4 Å². The molecule has 4 heteroatoms. The lowest BCUT2D eigenvalue weighted by molar-refractivity contribution is 0.247. The molecule has 1 aliphatic heterocycles. The van der Waals surface area contributed by atoms with Crippen molar-refractivity contribution in [2.45, 2.75) is 32.0 Å². The monoisotopic (exact) mass is 196 g/mol. The predicted octanol–water partition coefficient (Wildman–Crippen LogP) is 1.19. The van der Waals surface area contributed by atoms with Gasteiger partial charge in [0.1, 0.15) is 6.17 Å². The highest BCUT2D eigenvalue weighted by atomic mass is 35.5. The lowest BCUT2D eigenvalue weighted by Crippen LogP contribution is -2.35. The number of hydrogen-bond acceptors (Lipinski definition) is 2. The minimum absolute atomic E-state index is 0. The summed E-state index contributed by atoms with van der Waals surface area (Å²) in [7, 11) is 0. The summed E-state index contributed by atoms with van der Waals surface area (Å²) in [5, 5.41) is 0. The molecule has 1 heterocycles. The topological polar surface area (TPSA) is 29.3 Å². The van der Waals surface area contributed by atoms with Gasteiger partial charge in [-0.1, -0.05) is 6.92 Å². The second-order valence-electron chi connectivity index (χ2n) is 3.22. The number of hydrogen-bond donors (Lipinski definition) is 1. The first kappa shape index (κ1) is 12.1. The highest BCUT2D eigenvalue weighted by Crippen LogP contribution is 2.19. The predicted molar refractivity (Wildman–Crippen MR) is 51.5 cm³/mol. The van der Waals surface area contributed by atoms with Gasteiger partial charge in [0.2, 0.25) is 0 Å². The molecule has 1 fully saturated rings. The molecule has 2 atom stereocenters. The molecule has 0 aromatic rings. The Morgan fingerprint density at radius 3 is 2.75 bits per heavy atom. The van der Waals surface area contributed by atoms with E-state index in [2.05, 4.69) is 11.8 Å². The molecule has 0 unspecified atom stereocenters. The Morgan fingerprint density at radius 1 is 1.58 bits per heavy atom. The van der Waals surface area contributed by atoms with Gasteiger partial charge in [0, 0.05) is 19.1 Å². The number of alkyl halides is 1. The Morgan fingerprint density at radius 2 is 2.25 bits per heavy atom. The van der Waals surface area contributed by atoms with E-state index >= 15 is 0 Å². The van der Waals surface area contributed by atoms with Crippen molar-refractivity contribution in [2.75, 3.05) is 19.6 Å². The zero-order valence-corrected chi connectivity index (χ0v) is 8.32. The molecule has 12 heavy (non-hydrogen) atoms. The summed E-state index contributed by atoms with van der Waals surface area (Å²) >= 11 is 0. The molecular weight excluding hydrogens is 179 g/mol. The van der Waals surface area contributed by atoms with Crippen molar-refractivity contribution in [1.29, 1.82) is 0 Å². The smallest absolute Gasteiger partial charge is 0.114 e. The molecule has 74 valence electrons. The van der Waals surface area contributed by atoms with Crippen LogP contribution in [0.15, 0.2) is 0 Å². The fourth-order valence-corrected chi connectivity index (χ4v) is 1.73. The molecule has 0 aromatic heterocycles. The molecule has 1 rings (SSSR count). The van der Waals surface area contributed by atoms with Gasteiger partial charge < -0.3 is 5.73 Å². The maximum atomic E-state index is 12.8. The van der Waals surface area contributed by atoms with Crippen molar-refractivity contribution in [3.05, 3.63) is 0 Å². The molecule has 0 bridgehead atoms. The highest BCUT2D eigenvalue weighted by Gasteiger charge is 2.29. The van der Waals surface area contributed by atoms with Gasteiger partial charge in [-0.2, -0.15) is 0 Å². The van der Waals surface area contributed by atoms with E-state index in [1.807, 2.05) is 0 Å². The van der Waals surface area contributed by atoms with Crippen LogP contribution in [0.2, 0.25) is 0 Å². The summed E-state index contributed by atoms with van der Waals surface area (Å²) in [6, 6.07) is 0.296. The van der Waals surface area contributed by atoms with Crippen LogP contribution < -0.4 is 5.73 Å². The molecule has 0 saturated carbocycles. The number of rotatable bonds is 3. The average molecular weight is 197 g/mol. The zero-order valence-electron chi connectivity index (χ0n) is 7.50. The minimum atomic E-state index is -0.643. The van der Waals surface area contributed by atoms with Gasteiger partial charge in [-0.15, -0.1) is 12.4 Å². The second kappa shape index (κ2) is 5.73. The third-order valence-corrected chi connectivity index (χ3v) is 2.26. The minimum Gasteiger partial charge on any atom is -0.329 e. The summed E-state index contributed by atoms with van der Waals surface area (Å²) in [5.74, 6) is 0. The Bertz CT molecular complexity index is 124. The van der Waals surface area contributed by atoms with E-state index in [0.717, 1.165) is 13.0 Å². The van der Waals surface area contributed by atoms with E-state index in [9.17, 15) is 4.39 Å². The largest absolute Gasteiger partial charge is 0.329 e. The fraction of sp³-hybridized carbons (Fsp3) is 1.00. The molecule has 2 nitrogen and oxygen atoms in total. The number of likely N-dealkylation sites (tertiary alicyclic amines) is 1. The third-order valence-electron chi connectivity index (χ3n) is 2.26. The Balaban J connectivity index is 0.00000121. The molecule has 0 aromatic carbocycles. The number of nitrogens with zero attached hydrogens (tertiary/aromatic N) is 1. The Labute approximate surface area is 79.7 Å². The van der Waals surface area contributed by atoms with Crippen molar-refractivity contribution in [2.24, 2.45) is 5.73 Å². The van der Waals surface area contributed by atoms with E-state index < -0.39 is 6.17 Å². The van der Waals surface area contributed by atoms with Crippen LogP contribution in [0.25, 0.3) is 0 Å². The van der Waals surface area contributed by atoms with Crippen molar-refractivity contribution >= 4 is 12.4 Å². The van der Waals surface area contributed by atoms with Gasteiger partial charge in [0.05, 0.1) is 0 Å². The first-order chi connectivity index (χ1) is 5.27. The molecule has 2 N–H and O–H groups in total. The normalized spacial score (nSPS) is 30.2. The summed E-state index contributed by atoms with van der Waals surface area (Å²) in [6.45, 7) is 4.29. The van der Waals surface area contributed by atoms with Crippen molar-refractivity contribution in [1.82, 2.24) is 4.90 Å². The standard InChI is InChI=1S/C8H17FN2.ClH/c1-2-3-11-6-7(9)4-8(11)5-10;/h7-8H,2-6,10H2,1H3;1H/t7-,8+;/m1./s1. The highest BCUT2D eigenvalue weighted by molar-refractivity contribution is 5.85. The van der Waals surface area contributed by atoms with Crippen LogP contribution in [-0.2, 0) is 0 Å². The summed E-state index contributed by atoms with van der Waals surface area (Å²) in [6.07, 6.45) is 1.08. The maximum absolute atomic E-state index is 12.8. The Hall–Kier alpha value is 0.140. The first-order valence-electron chi connectivity index (χ1n) is 4.36. The van der Waals surface area contributed by atoms with Gasteiger partial charge in [-0.3, -0.25) is 4.90 Å². The van der Waals surface area contributed by atoms with Crippen LogP contribution in [0, 0.1) is 0 Å². The Kier molecular flexibility index (Phi) is 5.80.